The number of carbonyl (C=O) groups excluding carboxylic acids is 3. The number of ketones is 2. The van der Waals surface area contributed by atoms with Crippen LogP contribution in [-0.2, 0) is 9.59 Å². The summed E-state index contributed by atoms with van der Waals surface area (Å²) in [6, 6.07) is 3.70. The Labute approximate surface area is 243 Å². The van der Waals surface area contributed by atoms with Gasteiger partial charge in [-0.15, -0.1) is 0 Å². The Morgan fingerprint density at radius 1 is 1.05 bits per heavy atom. The maximum Gasteiger partial charge on any atom is 0.342 e. The van der Waals surface area contributed by atoms with Crippen molar-refractivity contribution in [1.29, 1.82) is 5.26 Å². The molecule has 1 aromatic rings. The molecule has 1 N–H and O–H groups in total. The summed E-state index contributed by atoms with van der Waals surface area (Å²) in [7, 11) is 0. The molecule has 0 bridgehead atoms. The molecule has 1 amide bonds. The molecule has 218 valence electrons. The number of amides is 1. The fourth-order valence-corrected chi connectivity index (χ4v) is 10.5. The van der Waals surface area contributed by atoms with Gasteiger partial charge in [0.05, 0.1) is 5.57 Å². The van der Waals surface area contributed by atoms with Crippen molar-refractivity contribution in [3.8, 4) is 6.07 Å². The standard InChI is InChI=1S/C34H44N4O3/c1-29(2)11-13-34(37-28(41)38-16-8-15-36-38)14-12-33(7)26(22(34)19-29)23(39)17-25-31(5)18-21(20-35)27(40)30(3,4)24(31)9-10-32(25,33)6/h8,15-18,22,24,26H,9-14,19H2,1-7H3,(H,37,41)/t22?,24-,26?,31-,32+,33+,34-/m0/s1. The second kappa shape index (κ2) is 8.52. The van der Waals surface area contributed by atoms with E-state index in [0.29, 0.717) is 0 Å². The number of hydrogen-bond acceptors (Lipinski definition) is 5. The third-order valence-corrected chi connectivity index (χ3v) is 12.9. The van der Waals surface area contributed by atoms with Gasteiger partial charge in [0.2, 0.25) is 0 Å². The highest BCUT2D eigenvalue weighted by Crippen LogP contribution is 2.73. The number of rotatable bonds is 1. The second-order valence-electron chi connectivity index (χ2n) is 15.8. The lowest BCUT2D eigenvalue weighted by atomic mass is 9.35. The van der Waals surface area contributed by atoms with Gasteiger partial charge in [0.25, 0.3) is 0 Å². The minimum Gasteiger partial charge on any atom is -0.330 e. The highest BCUT2D eigenvalue weighted by molar-refractivity contribution is 6.04. The summed E-state index contributed by atoms with van der Waals surface area (Å²) in [6.07, 6.45) is 13.2. The predicted octanol–water partition coefficient (Wildman–Crippen LogP) is 6.41. The van der Waals surface area contributed by atoms with E-state index in [0.717, 1.165) is 50.5 Å². The average Bonchev–Trinajstić information content (AvgIpc) is 3.44. The van der Waals surface area contributed by atoms with Crippen LogP contribution in [0.25, 0.3) is 0 Å². The van der Waals surface area contributed by atoms with E-state index in [9.17, 15) is 19.6 Å². The molecule has 2 unspecified atom stereocenters. The number of nitriles is 1. The topological polar surface area (TPSA) is 105 Å². The molecule has 0 radical (unpaired) electrons. The van der Waals surface area contributed by atoms with Crippen LogP contribution < -0.4 is 5.32 Å². The first kappa shape index (κ1) is 28.1. The van der Waals surface area contributed by atoms with Crippen molar-refractivity contribution in [3.63, 3.8) is 0 Å². The van der Waals surface area contributed by atoms with Gasteiger partial charge < -0.3 is 5.32 Å². The summed E-state index contributed by atoms with van der Waals surface area (Å²) in [5.74, 6) is -0.134. The quantitative estimate of drug-likeness (QED) is 0.430. The van der Waals surface area contributed by atoms with Gasteiger partial charge in [-0.1, -0.05) is 60.1 Å². The molecule has 0 aliphatic heterocycles. The lowest BCUT2D eigenvalue weighted by Gasteiger charge is -2.69. The summed E-state index contributed by atoms with van der Waals surface area (Å²) in [6.45, 7) is 15.3. The molecule has 6 rings (SSSR count). The monoisotopic (exact) mass is 556 g/mol. The van der Waals surface area contributed by atoms with Crippen molar-refractivity contribution in [2.45, 2.75) is 99.0 Å². The van der Waals surface area contributed by atoms with Gasteiger partial charge in [-0.2, -0.15) is 15.0 Å². The van der Waals surface area contributed by atoms with E-state index < -0.39 is 16.4 Å². The van der Waals surface area contributed by atoms with E-state index >= 15 is 0 Å². The number of fused-ring (bicyclic) bond motifs is 7. The maximum absolute atomic E-state index is 14.6. The van der Waals surface area contributed by atoms with E-state index in [-0.39, 0.29) is 57.2 Å². The van der Waals surface area contributed by atoms with Crippen LogP contribution in [0, 0.1) is 56.2 Å². The minimum absolute atomic E-state index is 0.00625. The van der Waals surface area contributed by atoms with Gasteiger partial charge in [-0.3, -0.25) is 9.59 Å². The van der Waals surface area contributed by atoms with Crippen LogP contribution in [-0.4, -0.2) is 32.9 Å². The number of nitrogens with one attached hydrogen (secondary N) is 1. The normalized spacial score (nSPS) is 42.3. The van der Waals surface area contributed by atoms with Crippen molar-refractivity contribution in [2.24, 2.45) is 44.8 Å². The first-order valence-corrected chi connectivity index (χ1v) is 15.3. The van der Waals surface area contributed by atoms with E-state index in [1.807, 2.05) is 26.0 Å². The molecule has 0 aromatic carbocycles. The van der Waals surface area contributed by atoms with Crippen molar-refractivity contribution < 1.29 is 14.4 Å². The Kier molecular flexibility index (Phi) is 5.84. The smallest absolute Gasteiger partial charge is 0.330 e. The fourth-order valence-electron chi connectivity index (χ4n) is 10.5. The molecule has 1 heterocycles. The number of hydrogen-bond donors (Lipinski definition) is 1. The molecular weight excluding hydrogens is 512 g/mol. The third kappa shape index (κ3) is 3.61. The summed E-state index contributed by atoms with van der Waals surface area (Å²) in [4.78, 5) is 41.2. The molecule has 0 spiro atoms. The van der Waals surface area contributed by atoms with E-state index in [2.05, 4.69) is 51.1 Å². The number of aromatic nitrogens is 2. The zero-order chi connectivity index (χ0) is 29.8. The highest BCUT2D eigenvalue weighted by Gasteiger charge is 2.70. The van der Waals surface area contributed by atoms with Crippen LogP contribution in [0.5, 0.6) is 0 Å². The Morgan fingerprint density at radius 3 is 2.41 bits per heavy atom. The van der Waals surface area contributed by atoms with Gasteiger partial charge in [0, 0.05) is 34.7 Å². The first-order valence-electron chi connectivity index (χ1n) is 15.3. The molecule has 0 saturated heterocycles. The molecule has 1 aromatic heterocycles. The van der Waals surface area contributed by atoms with E-state index in [1.165, 1.54) is 4.68 Å². The van der Waals surface area contributed by atoms with Crippen LogP contribution in [0.2, 0.25) is 0 Å². The Hall–Kier alpha value is -3.01. The third-order valence-electron chi connectivity index (χ3n) is 12.9. The zero-order valence-corrected chi connectivity index (χ0v) is 25.6. The van der Waals surface area contributed by atoms with Gasteiger partial charge in [-0.25, -0.2) is 4.79 Å². The summed E-state index contributed by atoms with van der Waals surface area (Å²) >= 11 is 0. The second-order valence-corrected chi connectivity index (χ2v) is 15.8. The molecule has 7 nitrogen and oxygen atoms in total. The lowest BCUT2D eigenvalue weighted by Crippen LogP contribution is -2.70. The molecule has 3 saturated carbocycles. The van der Waals surface area contributed by atoms with Crippen molar-refractivity contribution in [1.82, 2.24) is 15.1 Å². The minimum atomic E-state index is -0.677. The molecule has 3 fully saturated rings. The zero-order valence-electron chi connectivity index (χ0n) is 25.6. The molecule has 5 aliphatic carbocycles. The Bertz CT molecular complexity index is 1440. The SMILES string of the molecule is CC1(C)CC[C@]2(NC(=O)n3cccn3)CC[C@]3(C)C(C(=O)C=C4[C@@]5(C)C=C(C#N)C(=O)C(C)(C)[C@@H]5CC[C@]43C)C2C1. The molecular formula is C34H44N4O3. The van der Waals surface area contributed by atoms with Gasteiger partial charge >= 0.3 is 6.03 Å². The fraction of sp³-hybridized carbons (Fsp3) is 0.676. The largest absolute Gasteiger partial charge is 0.342 e. The van der Waals surface area contributed by atoms with Crippen LogP contribution in [0.15, 0.2) is 41.8 Å². The number of allylic oxidation sites excluding steroid dienone is 4. The van der Waals surface area contributed by atoms with Crippen molar-refractivity contribution in [3.05, 3.63) is 41.8 Å². The summed E-state index contributed by atoms with van der Waals surface area (Å²) in [5, 5.41) is 17.5. The molecule has 41 heavy (non-hydrogen) atoms. The first-order chi connectivity index (χ1) is 19.0. The predicted molar refractivity (Wildman–Crippen MR) is 155 cm³/mol. The van der Waals surface area contributed by atoms with Crippen LogP contribution in [0.4, 0.5) is 4.79 Å². The number of Topliss-reactive ketones (excluding diaryl/α,β-unsaturated/α-hetero) is 1. The van der Waals surface area contributed by atoms with Crippen LogP contribution >= 0.6 is 0 Å². The van der Waals surface area contributed by atoms with Crippen molar-refractivity contribution in [2.75, 3.05) is 0 Å². The number of nitrogens with zero attached hydrogens (tertiary/aromatic N) is 3. The molecule has 7 atom stereocenters. The Balaban J connectivity index is 1.48. The lowest BCUT2D eigenvalue weighted by molar-refractivity contribution is -0.160. The van der Waals surface area contributed by atoms with E-state index in [4.69, 9.17) is 0 Å². The molecule has 7 heteroatoms. The van der Waals surface area contributed by atoms with Gasteiger partial charge in [-0.05, 0) is 85.2 Å². The summed E-state index contributed by atoms with van der Waals surface area (Å²) < 4.78 is 1.36. The van der Waals surface area contributed by atoms with Crippen LogP contribution in [0.1, 0.15) is 93.4 Å². The van der Waals surface area contributed by atoms with Crippen LogP contribution in [0.3, 0.4) is 0 Å². The van der Waals surface area contributed by atoms with Gasteiger partial charge in [0.15, 0.2) is 11.6 Å². The van der Waals surface area contributed by atoms with Crippen molar-refractivity contribution >= 4 is 17.6 Å². The Morgan fingerprint density at radius 2 is 1.76 bits per heavy atom. The summed E-state index contributed by atoms with van der Waals surface area (Å²) in [5.41, 5.74) is -0.893. The van der Waals surface area contributed by atoms with E-state index in [1.54, 1.807) is 18.5 Å². The average molecular weight is 557 g/mol. The number of carbonyl (C=O) groups is 3. The molecule has 5 aliphatic rings. The van der Waals surface area contributed by atoms with Gasteiger partial charge in [0.1, 0.15) is 6.07 Å². The maximum atomic E-state index is 14.6. The highest BCUT2D eigenvalue weighted by atomic mass is 16.2.